The summed E-state index contributed by atoms with van der Waals surface area (Å²) in [4.78, 5) is 13.9. The first-order valence-electron chi connectivity index (χ1n) is 7.60. The minimum Gasteiger partial charge on any atom is -0.397 e. The number of nitrogens with one attached hydrogen (secondary N) is 2. The van der Waals surface area contributed by atoms with Gasteiger partial charge in [-0.15, -0.1) is 0 Å². The number of carbonyl (C=O) groups is 1. The van der Waals surface area contributed by atoms with Crippen LogP contribution in [0.3, 0.4) is 0 Å². The molecule has 0 bridgehead atoms. The molecule has 0 aromatic heterocycles. The first-order valence-corrected chi connectivity index (χ1v) is 7.97. The van der Waals surface area contributed by atoms with Gasteiger partial charge in [0.15, 0.2) is 0 Å². The van der Waals surface area contributed by atoms with Crippen molar-refractivity contribution in [1.29, 1.82) is 0 Å². The second kappa shape index (κ2) is 8.18. The fourth-order valence-corrected chi connectivity index (χ4v) is 2.58. The van der Waals surface area contributed by atoms with E-state index in [-0.39, 0.29) is 27.6 Å². The molecule has 0 unspecified atom stereocenters. The maximum absolute atomic E-state index is 13.2. The van der Waals surface area contributed by atoms with Crippen LogP contribution in [-0.4, -0.2) is 33.0 Å². The van der Waals surface area contributed by atoms with Crippen molar-refractivity contribution in [1.82, 2.24) is 0 Å². The molecule has 0 heterocycles. The number of nitrogens with zero attached hydrogens (tertiary/aromatic N) is 1. The molecule has 5 nitrogen and oxygen atoms in total. The lowest BCUT2D eigenvalue weighted by molar-refractivity contribution is 0.102. The van der Waals surface area contributed by atoms with Crippen LogP contribution < -0.4 is 21.3 Å². The van der Waals surface area contributed by atoms with Crippen LogP contribution in [0.4, 0.5) is 35.9 Å². The summed E-state index contributed by atoms with van der Waals surface area (Å²) in [6, 6.07) is 6.61. The molecule has 0 aliphatic heterocycles. The number of benzene rings is 2. The SMILES string of the molecule is CNc1cc(N(C)CC(F)F)c(C(=O)Nc2ccc(F)c(Cl)c2)cc1N. The monoisotopic (exact) mass is 386 g/mol. The molecular formula is C17H18ClF3N4O. The molecule has 1 amide bonds. The van der Waals surface area contributed by atoms with E-state index >= 15 is 0 Å². The lowest BCUT2D eigenvalue weighted by Crippen LogP contribution is -2.27. The number of halogens is 4. The average molecular weight is 387 g/mol. The van der Waals surface area contributed by atoms with Crippen molar-refractivity contribution in [3.05, 3.63) is 46.7 Å². The Bertz CT molecular complexity index is 817. The van der Waals surface area contributed by atoms with Crippen LogP contribution in [0.5, 0.6) is 0 Å². The first kappa shape index (κ1) is 19.7. The molecule has 0 fully saturated rings. The van der Waals surface area contributed by atoms with E-state index in [1.165, 1.54) is 36.2 Å². The molecule has 0 aliphatic carbocycles. The number of anilines is 4. The van der Waals surface area contributed by atoms with Crippen molar-refractivity contribution < 1.29 is 18.0 Å². The van der Waals surface area contributed by atoms with E-state index in [0.717, 1.165) is 6.07 Å². The third-order valence-corrected chi connectivity index (χ3v) is 3.97. The second-order valence-electron chi connectivity index (χ2n) is 5.56. The minimum atomic E-state index is -2.58. The van der Waals surface area contributed by atoms with E-state index < -0.39 is 24.7 Å². The van der Waals surface area contributed by atoms with Crippen molar-refractivity contribution in [2.75, 3.05) is 41.9 Å². The fraction of sp³-hybridized carbons (Fsp3) is 0.235. The molecule has 0 radical (unpaired) electrons. The Labute approximate surface area is 153 Å². The molecule has 140 valence electrons. The Hall–Kier alpha value is -2.61. The largest absolute Gasteiger partial charge is 0.397 e. The van der Waals surface area contributed by atoms with E-state index in [1.54, 1.807) is 7.05 Å². The fourth-order valence-electron chi connectivity index (χ4n) is 2.40. The quantitative estimate of drug-likeness (QED) is 0.655. The highest BCUT2D eigenvalue weighted by Crippen LogP contribution is 2.31. The Morgan fingerprint density at radius 3 is 2.58 bits per heavy atom. The van der Waals surface area contributed by atoms with Gasteiger partial charge in [0.1, 0.15) is 5.82 Å². The molecule has 0 spiro atoms. The lowest BCUT2D eigenvalue weighted by atomic mass is 10.1. The number of carbonyl (C=O) groups excluding carboxylic acids is 1. The zero-order valence-electron chi connectivity index (χ0n) is 14.1. The van der Waals surface area contributed by atoms with Gasteiger partial charge in [0.05, 0.1) is 34.2 Å². The zero-order valence-corrected chi connectivity index (χ0v) is 14.9. The molecule has 0 saturated heterocycles. The number of amides is 1. The summed E-state index contributed by atoms with van der Waals surface area (Å²) in [5.74, 6) is -1.21. The summed E-state index contributed by atoms with van der Waals surface area (Å²) >= 11 is 5.70. The van der Waals surface area contributed by atoms with E-state index in [1.807, 2.05) is 0 Å². The number of hydrogen-bond acceptors (Lipinski definition) is 4. The summed E-state index contributed by atoms with van der Waals surface area (Å²) < 4.78 is 38.8. The average Bonchev–Trinajstić information content (AvgIpc) is 2.57. The van der Waals surface area contributed by atoms with Gasteiger partial charge in [0.25, 0.3) is 12.3 Å². The minimum absolute atomic E-state index is 0.102. The molecule has 0 saturated carbocycles. The third kappa shape index (κ3) is 4.51. The van der Waals surface area contributed by atoms with Crippen molar-refractivity contribution in [2.24, 2.45) is 0 Å². The summed E-state index contributed by atoms with van der Waals surface area (Å²) in [7, 11) is 3.07. The van der Waals surface area contributed by atoms with Gasteiger partial charge in [0, 0.05) is 19.8 Å². The van der Waals surface area contributed by atoms with E-state index in [0.29, 0.717) is 5.69 Å². The van der Waals surface area contributed by atoms with Crippen molar-refractivity contribution >= 4 is 40.3 Å². The van der Waals surface area contributed by atoms with Gasteiger partial charge in [-0.3, -0.25) is 4.79 Å². The van der Waals surface area contributed by atoms with Crippen LogP contribution in [0, 0.1) is 5.82 Å². The van der Waals surface area contributed by atoms with Crippen LogP contribution in [-0.2, 0) is 0 Å². The van der Waals surface area contributed by atoms with Crippen molar-refractivity contribution in [2.45, 2.75) is 6.43 Å². The van der Waals surface area contributed by atoms with Crippen LogP contribution in [0.1, 0.15) is 10.4 Å². The van der Waals surface area contributed by atoms with Gasteiger partial charge in [-0.2, -0.15) is 0 Å². The van der Waals surface area contributed by atoms with Crippen LogP contribution >= 0.6 is 11.6 Å². The van der Waals surface area contributed by atoms with Crippen LogP contribution in [0.15, 0.2) is 30.3 Å². The molecule has 9 heteroatoms. The predicted octanol–water partition coefficient (Wildman–Crippen LogP) is 4.06. The van der Waals surface area contributed by atoms with E-state index in [9.17, 15) is 18.0 Å². The molecule has 2 rings (SSSR count). The Kier molecular flexibility index (Phi) is 6.20. The van der Waals surface area contributed by atoms with Gasteiger partial charge >= 0.3 is 0 Å². The van der Waals surface area contributed by atoms with E-state index in [4.69, 9.17) is 17.3 Å². The van der Waals surface area contributed by atoms with Crippen LogP contribution in [0.25, 0.3) is 0 Å². The Morgan fingerprint density at radius 2 is 2.00 bits per heavy atom. The highest BCUT2D eigenvalue weighted by atomic mass is 35.5. The third-order valence-electron chi connectivity index (χ3n) is 3.68. The number of nitrogens with two attached hydrogens (primary N) is 1. The maximum Gasteiger partial charge on any atom is 0.257 e. The summed E-state index contributed by atoms with van der Waals surface area (Å²) in [5, 5.41) is 5.25. The molecule has 2 aromatic carbocycles. The molecule has 0 atom stereocenters. The molecule has 26 heavy (non-hydrogen) atoms. The van der Waals surface area contributed by atoms with E-state index in [2.05, 4.69) is 10.6 Å². The maximum atomic E-state index is 13.2. The van der Waals surface area contributed by atoms with Gasteiger partial charge in [-0.25, -0.2) is 13.2 Å². The topological polar surface area (TPSA) is 70.4 Å². The standard InChI is InChI=1S/C17H18ClF3N4O/c1-23-14-7-15(25(2)8-16(20)21)10(6-13(14)22)17(26)24-9-3-4-12(19)11(18)5-9/h3-7,16,23H,8,22H2,1-2H3,(H,24,26). The first-order chi connectivity index (χ1) is 12.2. The number of hydrogen-bond donors (Lipinski definition) is 3. The molecule has 2 aromatic rings. The van der Waals surface area contributed by atoms with Crippen molar-refractivity contribution in [3.63, 3.8) is 0 Å². The van der Waals surface area contributed by atoms with Gasteiger partial charge in [-0.05, 0) is 30.3 Å². The molecule has 0 aliphatic rings. The zero-order chi connectivity index (χ0) is 19.4. The lowest BCUT2D eigenvalue weighted by Gasteiger charge is -2.23. The van der Waals surface area contributed by atoms with Crippen molar-refractivity contribution in [3.8, 4) is 0 Å². The number of alkyl halides is 2. The highest BCUT2D eigenvalue weighted by Gasteiger charge is 2.20. The molecular weight excluding hydrogens is 369 g/mol. The summed E-state index contributed by atoms with van der Waals surface area (Å²) in [6.45, 7) is -0.560. The predicted molar refractivity (Wildman–Crippen MR) is 99.0 cm³/mol. The molecule has 4 N–H and O–H groups in total. The second-order valence-corrected chi connectivity index (χ2v) is 5.97. The van der Waals surface area contributed by atoms with Gasteiger partial charge in [0.2, 0.25) is 0 Å². The normalized spacial score (nSPS) is 10.7. The summed E-state index contributed by atoms with van der Waals surface area (Å²) in [6.07, 6.45) is -2.58. The Balaban J connectivity index is 2.40. The van der Waals surface area contributed by atoms with Gasteiger partial charge < -0.3 is 21.3 Å². The van der Waals surface area contributed by atoms with Crippen LogP contribution in [0.2, 0.25) is 5.02 Å². The Morgan fingerprint density at radius 1 is 1.31 bits per heavy atom. The number of nitrogen functional groups attached to an aromatic ring is 1. The summed E-state index contributed by atoms with van der Waals surface area (Å²) in [5.41, 5.74) is 7.32. The van der Waals surface area contributed by atoms with Gasteiger partial charge in [-0.1, -0.05) is 11.6 Å². The smallest absolute Gasteiger partial charge is 0.257 e. The highest BCUT2D eigenvalue weighted by molar-refractivity contribution is 6.31. The number of rotatable bonds is 6.